The zero-order chi connectivity index (χ0) is 11.4. The summed E-state index contributed by atoms with van der Waals surface area (Å²) in [5.74, 6) is 0.303. The minimum absolute atomic E-state index is 0.332. The van der Waals surface area contributed by atoms with E-state index in [9.17, 15) is 4.39 Å². The molecular formula is C11H14BrClFN. The van der Waals surface area contributed by atoms with Crippen molar-refractivity contribution < 1.29 is 4.39 Å². The number of anilines is 1. The van der Waals surface area contributed by atoms with Gasteiger partial charge < -0.3 is 5.32 Å². The highest BCUT2D eigenvalue weighted by atomic mass is 79.9. The number of hydrogen-bond donors (Lipinski definition) is 1. The summed E-state index contributed by atoms with van der Waals surface area (Å²) in [5, 5.41) is 3.60. The Morgan fingerprint density at radius 1 is 1.47 bits per heavy atom. The molecule has 0 aliphatic rings. The molecule has 0 unspecified atom stereocenters. The molecule has 0 saturated carbocycles. The SMILES string of the molecule is CC(C)CCNc1c(Cl)cc(F)cc1Br. The van der Waals surface area contributed by atoms with Gasteiger partial charge in [0, 0.05) is 11.0 Å². The van der Waals surface area contributed by atoms with Gasteiger partial charge in [-0.1, -0.05) is 25.4 Å². The van der Waals surface area contributed by atoms with E-state index >= 15 is 0 Å². The summed E-state index contributed by atoms with van der Waals surface area (Å²) in [6, 6.07) is 2.72. The van der Waals surface area contributed by atoms with Crippen molar-refractivity contribution in [3.8, 4) is 0 Å². The lowest BCUT2D eigenvalue weighted by atomic mass is 10.1. The third kappa shape index (κ3) is 3.99. The van der Waals surface area contributed by atoms with E-state index in [4.69, 9.17) is 11.6 Å². The molecule has 0 bridgehead atoms. The van der Waals surface area contributed by atoms with Crippen LogP contribution in [0.3, 0.4) is 0 Å². The molecule has 1 N–H and O–H groups in total. The molecule has 84 valence electrons. The van der Waals surface area contributed by atoms with Crippen molar-refractivity contribution in [2.75, 3.05) is 11.9 Å². The van der Waals surface area contributed by atoms with E-state index in [-0.39, 0.29) is 5.82 Å². The van der Waals surface area contributed by atoms with Gasteiger partial charge in [-0.25, -0.2) is 4.39 Å². The standard InChI is InChI=1S/C11H14BrClFN/c1-7(2)3-4-15-11-9(12)5-8(14)6-10(11)13/h5-7,15H,3-4H2,1-2H3. The molecule has 0 aliphatic heterocycles. The molecule has 0 fully saturated rings. The molecule has 0 saturated heterocycles. The fraction of sp³-hybridized carbons (Fsp3) is 0.455. The zero-order valence-electron chi connectivity index (χ0n) is 8.78. The molecule has 15 heavy (non-hydrogen) atoms. The van der Waals surface area contributed by atoms with Gasteiger partial charge in [-0.05, 0) is 40.4 Å². The first-order valence-corrected chi connectivity index (χ1v) is 6.06. The monoisotopic (exact) mass is 293 g/mol. The van der Waals surface area contributed by atoms with Gasteiger partial charge in [0.05, 0.1) is 10.7 Å². The average Bonchev–Trinajstić information content (AvgIpc) is 2.08. The van der Waals surface area contributed by atoms with Gasteiger partial charge in [0.1, 0.15) is 5.82 Å². The van der Waals surface area contributed by atoms with Crippen LogP contribution in [0.5, 0.6) is 0 Å². The Bertz CT molecular complexity index is 318. The molecule has 0 amide bonds. The Morgan fingerprint density at radius 3 is 2.67 bits per heavy atom. The van der Waals surface area contributed by atoms with Crippen molar-refractivity contribution >= 4 is 33.2 Å². The highest BCUT2D eigenvalue weighted by molar-refractivity contribution is 9.10. The van der Waals surface area contributed by atoms with Crippen LogP contribution in [-0.2, 0) is 0 Å². The maximum Gasteiger partial charge on any atom is 0.125 e. The number of benzene rings is 1. The fourth-order valence-electron chi connectivity index (χ4n) is 1.20. The summed E-state index contributed by atoms with van der Waals surface area (Å²) in [7, 11) is 0. The molecule has 1 nitrogen and oxygen atoms in total. The van der Waals surface area contributed by atoms with Crippen LogP contribution >= 0.6 is 27.5 Å². The minimum Gasteiger partial charge on any atom is -0.383 e. The van der Waals surface area contributed by atoms with Crippen LogP contribution < -0.4 is 5.32 Å². The summed E-state index contributed by atoms with van der Waals surface area (Å²) in [4.78, 5) is 0. The molecule has 4 heteroatoms. The summed E-state index contributed by atoms with van der Waals surface area (Å²) in [5.41, 5.74) is 0.763. The third-order valence-electron chi connectivity index (χ3n) is 2.03. The second-order valence-corrected chi connectivity index (χ2v) is 5.12. The van der Waals surface area contributed by atoms with Crippen LogP contribution in [0.25, 0.3) is 0 Å². The third-order valence-corrected chi connectivity index (χ3v) is 2.95. The van der Waals surface area contributed by atoms with E-state index in [0.29, 0.717) is 15.4 Å². The number of hydrogen-bond acceptors (Lipinski definition) is 1. The predicted octanol–water partition coefficient (Wildman–Crippen LogP) is 4.70. The average molecular weight is 295 g/mol. The van der Waals surface area contributed by atoms with E-state index in [2.05, 4.69) is 35.1 Å². The van der Waals surface area contributed by atoms with Crippen LogP contribution in [0.2, 0.25) is 5.02 Å². The first-order valence-electron chi connectivity index (χ1n) is 4.89. The first kappa shape index (κ1) is 12.8. The molecule has 0 spiro atoms. The molecular weight excluding hydrogens is 280 g/mol. The lowest BCUT2D eigenvalue weighted by Crippen LogP contribution is -2.05. The summed E-state index contributed by atoms with van der Waals surface area (Å²) < 4.78 is 13.6. The van der Waals surface area contributed by atoms with Crippen LogP contribution in [-0.4, -0.2) is 6.54 Å². The molecule has 0 radical (unpaired) electrons. The second-order valence-electron chi connectivity index (χ2n) is 3.85. The topological polar surface area (TPSA) is 12.0 Å². The first-order chi connectivity index (χ1) is 7.00. The van der Waals surface area contributed by atoms with E-state index in [0.717, 1.165) is 18.7 Å². The highest BCUT2D eigenvalue weighted by Crippen LogP contribution is 2.31. The van der Waals surface area contributed by atoms with Crippen molar-refractivity contribution in [3.63, 3.8) is 0 Å². The summed E-state index contributed by atoms with van der Waals surface area (Å²) >= 11 is 9.20. The number of halogens is 3. The second kappa shape index (κ2) is 5.71. The molecule has 0 aromatic heterocycles. The van der Waals surface area contributed by atoms with Crippen molar-refractivity contribution in [2.45, 2.75) is 20.3 Å². The smallest absolute Gasteiger partial charge is 0.125 e. The quantitative estimate of drug-likeness (QED) is 0.849. The molecule has 0 aliphatic carbocycles. The van der Waals surface area contributed by atoms with E-state index in [1.807, 2.05) is 0 Å². The molecule has 0 heterocycles. The van der Waals surface area contributed by atoms with Crippen LogP contribution in [0.15, 0.2) is 16.6 Å². The van der Waals surface area contributed by atoms with Gasteiger partial charge in [-0.3, -0.25) is 0 Å². The minimum atomic E-state index is -0.332. The predicted molar refractivity (Wildman–Crippen MR) is 67.1 cm³/mol. The number of nitrogens with one attached hydrogen (secondary N) is 1. The van der Waals surface area contributed by atoms with Gasteiger partial charge in [0.15, 0.2) is 0 Å². The molecule has 0 atom stereocenters. The Morgan fingerprint density at radius 2 is 2.13 bits per heavy atom. The van der Waals surface area contributed by atoms with Crippen LogP contribution in [0, 0.1) is 11.7 Å². The van der Waals surface area contributed by atoms with E-state index in [1.54, 1.807) is 0 Å². The fourth-order valence-corrected chi connectivity index (χ4v) is 2.16. The zero-order valence-corrected chi connectivity index (χ0v) is 11.1. The Hall–Kier alpha value is -0.280. The lowest BCUT2D eigenvalue weighted by Gasteiger charge is -2.11. The Labute approximate surface area is 103 Å². The largest absolute Gasteiger partial charge is 0.383 e. The van der Waals surface area contributed by atoms with Crippen LogP contribution in [0.4, 0.5) is 10.1 Å². The molecule has 1 aromatic rings. The van der Waals surface area contributed by atoms with Crippen molar-refractivity contribution in [2.24, 2.45) is 5.92 Å². The Balaban J connectivity index is 2.68. The van der Waals surface area contributed by atoms with Crippen molar-refractivity contribution in [1.82, 2.24) is 0 Å². The molecule has 1 aromatic carbocycles. The van der Waals surface area contributed by atoms with E-state index < -0.39 is 0 Å². The maximum absolute atomic E-state index is 12.9. The van der Waals surface area contributed by atoms with Crippen molar-refractivity contribution in [1.29, 1.82) is 0 Å². The summed E-state index contributed by atoms with van der Waals surface area (Å²) in [6.07, 6.45) is 1.06. The Kier molecular flexibility index (Phi) is 4.87. The maximum atomic E-state index is 12.9. The van der Waals surface area contributed by atoms with Gasteiger partial charge in [0.2, 0.25) is 0 Å². The lowest BCUT2D eigenvalue weighted by molar-refractivity contribution is 0.606. The highest BCUT2D eigenvalue weighted by Gasteiger charge is 2.07. The molecule has 1 rings (SSSR count). The van der Waals surface area contributed by atoms with Gasteiger partial charge in [-0.15, -0.1) is 0 Å². The summed E-state index contributed by atoms with van der Waals surface area (Å²) in [6.45, 7) is 5.15. The van der Waals surface area contributed by atoms with Crippen molar-refractivity contribution in [3.05, 3.63) is 27.4 Å². The number of rotatable bonds is 4. The van der Waals surface area contributed by atoms with Crippen LogP contribution in [0.1, 0.15) is 20.3 Å². The van der Waals surface area contributed by atoms with Gasteiger partial charge in [-0.2, -0.15) is 0 Å². The van der Waals surface area contributed by atoms with Gasteiger partial charge in [0.25, 0.3) is 0 Å². The normalized spacial score (nSPS) is 10.8. The van der Waals surface area contributed by atoms with Gasteiger partial charge >= 0.3 is 0 Å². The van der Waals surface area contributed by atoms with E-state index in [1.165, 1.54) is 12.1 Å².